The molecule has 3 aromatic carbocycles. The Morgan fingerprint density at radius 2 is 0.744 bits per heavy atom. The van der Waals surface area contributed by atoms with Gasteiger partial charge in [0.25, 0.3) is 12.9 Å². The second-order valence-corrected chi connectivity index (χ2v) is 12.7. The van der Waals surface area contributed by atoms with Crippen molar-refractivity contribution >= 4 is 12.9 Å². The number of carbonyl (C=O) groups is 2. The molecule has 0 fully saturated rings. The number of rotatable bonds is 7. The van der Waals surface area contributed by atoms with Crippen LogP contribution in [0.1, 0.15) is 80.5 Å². The van der Waals surface area contributed by atoms with E-state index in [1.165, 1.54) is 16.7 Å². The van der Waals surface area contributed by atoms with E-state index in [0.717, 1.165) is 48.4 Å². The molecule has 7 heteroatoms. The molecule has 0 amide bonds. The fourth-order valence-corrected chi connectivity index (χ4v) is 5.87. The predicted octanol–water partition coefficient (Wildman–Crippen LogP) is 6.61. The Labute approximate surface area is 257 Å². The van der Waals surface area contributed by atoms with Crippen LogP contribution in [0.25, 0.3) is 0 Å². The number of nitrogens with zero attached hydrogens (tertiary/aromatic N) is 3. The van der Waals surface area contributed by atoms with Gasteiger partial charge in [-0.25, -0.2) is 0 Å². The maximum absolute atomic E-state index is 11.3. The summed E-state index contributed by atoms with van der Waals surface area (Å²) >= 11 is 0. The molecule has 0 aliphatic carbocycles. The minimum absolute atomic E-state index is 0.247. The van der Waals surface area contributed by atoms with E-state index in [1.807, 2.05) is 24.3 Å². The molecule has 7 nitrogen and oxygen atoms in total. The average Bonchev–Trinajstić information content (AvgIpc) is 2.91. The van der Waals surface area contributed by atoms with Crippen molar-refractivity contribution in [3.05, 3.63) is 93.5 Å². The smallest absolute Gasteiger partial charge is 0.298 e. The molecule has 0 spiro atoms. The zero-order valence-corrected chi connectivity index (χ0v) is 26.8. The number of ether oxygens (including phenoxy) is 2. The number of aryl methyl sites for hydroxylation is 1. The van der Waals surface area contributed by atoms with E-state index in [1.54, 1.807) is 0 Å². The third kappa shape index (κ3) is 9.23. The van der Waals surface area contributed by atoms with E-state index in [4.69, 9.17) is 9.47 Å². The highest BCUT2D eigenvalue weighted by Crippen LogP contribution is 2.27. The van der Waals surface area contributed by atoms with Crippen LogP contribution in [0, 0.1) is 6.92 Å². The highest BCUT2D eigenvalue weighted by atomic mass is 16.5. The van der Waals surface area contributed by atoms with Gasteiger partial charge in [0, 0.05) is 57.4 Å². The van der Waals surface area contributed by atoms with Crippen molar-refractivity contribution in [3.63, 3.8) is 0 Å². The van der Waals surface area contributed by atoms with Crippen LogP contribution in [0.3, 0.4) is 0 Å². The molecule has 0 radical (unpaired) electrons. The molecule has 1 heterocycles. The number of hydrogen-bond donors (Lipinski definition) is 0. The standard InChI is InChI=1S/C36H47N3O4/c1-25(2)37-17-29-8-28(7)9-30(10-29)18-38(26(3)4)20-32-12-34(16-36(14-32)43-24-41)22-39(27(5)6)21-33-11-31(19-37)13-35(15-33)42-23-40/h8-16,23-27H,17-22H2,1-7H3. The maximum atomic E-state index is 11.3. The zero-order valence-electron chi connectivity index (χ0n) is 26.8. The van der Waals surface area contributed by atoms with Gasteiger partial charge in [-0.2, -0.15) is 0 Å². The van der Waals surface area contributed by atoms with Crippen molar-refractivity contribution in [2.75, 3.05) is 0 Å². The average molecular weight is 586 g/mol. The van der Waals surface area contributed by atoms with Crippen LogP contribution >= 0.6 is 0 Å². The van der Waals surface area contributed by atoms with E-state index < -0.39 is 0 Å². The first kappa shape index (κ1) is 32.4. The molecular weight excluding hydrogens is 538 g/mol. The van der Waals surface area contributed by atoms with Crippen LogP contribution in [-0.4, -0.2) is 45.8 Å². The van der Waals surface area contributed by atoms with Gasteiger partial charge < -0.3 is 9.47 Å². The first-order chi connectivity index (χ1) is 20.5. The Morgan fingerprint density at radius 1 is 0.488 bits per heavy atom. The normalized spacial score (nSPS) is 15.8. The molecule has 0 N–H and O–H groups in total. The molecule has 0 saturated heterocycles. The number of benzene rings is 3. The van der Waals surface area contributed by atoms with Gasteiger partial charge in [0.1, 0.15) is 11.5 Å². The van der Waals surface area contributed by atoms with Gasteiger partial charge in [-0.1, -0.05) is 35.9 Å². The van der Waals surface area contributed by atoms with Gasteiger partial charge in [0.15, 0.2) is 0 Å². The minimum Gasteiger partial charge on any atom is -0.429 e. The monoisotopic (exact) mass is 585 g/mol. The van der Waals surface area contributed by atoms with Crippen molar-refractivity contribution in [1.82, 2.24) is 14.7 Å². The summed E-state index contributed by atoms with van der Waals surface area (Å²) in [4.78, 5) is 30.0. The molecule has 3 aromatic rings. The van der Waals surface area contributed by atoms with Gasteiger partial charge in [0.2, 0.25) is 0 Å². The topological polar surface area (TPSA) is 62.3 Å². The van der Waals surface area contributed by atoms with Crippen molar-refractivity contribution < 1.29 is 19.1 Å². The second kappa shape index (κ2) is 14.8. The number of fused-ring (bicyclic) bond motifs is 6. The molecule has 1 aliphatic rings. The SMILES string of the molecule is Cc1cc2cc(c1)CN(C(C)C)Cc1cc(cc(OC=O)c1)CN(C(C)C)Cc1cc(cc(OC=O)c1)CN(C(C)C)C2. The Kier molecular flexibility index (Phi) is 11.1. The first-order valence-electron chi connectivity index (χ1n) is 15.3. The van der Waals surface area contributed by atoms with Crippen LogP contribution in [-0.2, 0) is 48.9 Å². The lowest BCUT2D eigenvalue weighted by Crippen LogP contribution is -2.32. The van der Waals surface area contributed by atoms with Crippen molar-refractivity contribution in [2.24, 2.45) is 0 Å². The maximum Gasteiger partial charge on any atom is 0.298 e. The Morgan fingerprint density at radius 3 is 0.977 bits per heavy atom. The van der Waals surface area contributed by atoms with E-state index in [-0.39, 0.29) is 6.04 Å². The van der Waals surface area contributed by atoms with Gasteiger partial charge in [0.05, 0.1) is 0 Å². The van der Waals surface area contributed by atoms with Gasteiger partial charge >= 0.3 is 0 Å². The summed E-state index contributed by atoms with van der Waals surface area (Å²) in [5.41, 5.74) is 8.18. The Hall–Kier alpha value is -3.52. The summed E-state index contributed by atoms with van der Waals surface area (Å²) < 4.78 is 10.8. The highest BCUT2D eigenvalue weighted by Gasteiger charge is 2.19. The van der Waals surface area contributed by atoms with Crippen LogP contribution in [0.2, 0.25) is 0 Å². The van der Waals surface area contributed by atoms with Crippen molar-refractivity contribution in [2.45, 2.75) is 106 Å². The van der Waals surface area contributed by atoms with E-state index in [0.29, 0.717) is 49.6 Å². The summed E-state index contributed by atoms with van der Waals surface area (Å²) in [6.45, 7) is 20.9. The highest BCUT2D eigenvalue weighted by molar-refractivity contribution is 5.48. The number of carbonyl (C=O) groups excluding carboxylic acids is 2. The molecular formula is C36H47N3O4. The van der Waals surface area contributed by atoms with Gasteiger partial charge in [-0.3, -0.25) is 24.3 Å². The molecule has 1 aliphatic heterocycles. The van der Waals surface area contributed by atoms with E-state index in [2.05, 4.69) is 93.5 Å². The van der Waals surface area contributed by atoms with Crippen LogP contribution in [0.5, 0.6) is 11.5 Å². The largest absolute Gasteiger partial charge is 0.429 e. The lowest BCUT2D eigenvalue weighted by atomic mass is 10.0. The third-order valence-electron chi connectivity index (χ3n) is 8.12. The summed E-state index contributed by atoms with van der Waals surface area (Å²) in [6.07, 6.45) is 0. The third-order valence-corrected chi connectivity index (χ3v) is 8.12. The minimum atomic E-state index is 0.247. The fraction of sp³-hybridized carbons (Fsp3) is 0.444. The summed E-state index contributed by atoms with van der Waals surface area (Å²) in [5, 5.41) is 0. The van der Waals surface area contributed by atoms with Crippen LogP contribution in [0.15, 0.2) is 54.6 Å². The molecule has 4 rings (SSSR count). The lowest BCUT2D eigenvalue weighted by molar-refractivity contribution is -0.121. The molecule has 230 valence electrons. The Balaban J connectivity index is 1.84. The summed E-state index contributed by atoms with van der Waals surface area (Å²) in [5.74, 6) is 1.11. The fourth-order valence-electron chi connectivity index (χ4n) is 5.87. The van der Waals surface area contributed by atoms with E-state index >= 15 is 0 Å². The quantitative estimate of drug-likeness (QED) is 0.289. The predicted molar refractivity (Wildman–Crippen MR) is 171 cm³/mol. The van der Waals surface area contributed by atoms with Crippen molar-refractivity contribution in [3.8, 4) is 11.5 Å². The van der Waals surface area contributed by atoms with E-state index in [9.17, 15) is 9.59 Å². The lowest BCUT2D eigenvalue weighted by Gasteiger charge is -2.30. The van der Waals surface area contributed by atoms with Crippen molar-refractivity contribution in [1.29, 1.82) is 0 Å². The molecule has 0 saturated carbocycles. The van der Waals surface area contributed by atoms with Crippen LogP contribution in [0.4, 0.5) is 0 Å². The molecule has 43 heavy (non-hydrogen) atoms. The van der Waals surface area contributed by atoms with Gasteiger partial charge in [-0.05, 0) is 106 Å². The zero-order chi connectivity index (χ0) is 31.1. The summed E-state index contributed by atoms with van der Waals surface area (Å²) in [7, 11) is 0. The first-order valence-corrected chi connectivity index (χ1v) is 15.3. The summed E-state index contributed by atoms with van der Waals surface area (Å²) in [6, 6.07) is 20.1. The second-order valence-electron chi connectivity index (χ2n) is 12.7. The molecule has 6 bridgehead atoms. The molecule has 0 unspecified atom stereocenters. The number of hydrogen-bond acceptors (Lipinski definition) is 7. The molecule has 0 aromatic heterocycles. The molecule has 0 atom stereocenters. The van der Waals surface area contributed by atoms with Gasteiger partial charge in [-0.15, -0.1) is 0 Å². The van der Waals surface area contributed by atoms with Crippen LogP contribution < -0.4 is 9.47 Å². The Bertz CT molecular complexity index is 1300.